The smallest absolute Gasteiger partial charge is 0.258 e. The van der Waals surface area contributed by atoms with Gasteiger partial charge in [-0.25, -0.2) is 4.98 Å². The molecule has 4 nitrogen and oxygen atoms in total. The number of rotatable bonds is 4. The van der Waals surface area contributed by atoms with Crippen LogP contribution in [0.5, 0.6) is 5.88 Å². The summed E-state index contributed by atoms with van der Waals surface area (Å²) in [6, 6.07) is 18.8. The van der Waals surface area contributed by atoms with E-state index in [4.69, 9.17) is 14.9 Å². The third kappa shape index (κ3) is 2.83. The first-order valence-corrected chi connectivity index (χ1v) is 10.0. The van der Waals surface area contributed by atoms with Gasteiger partial charge in [0.25, 0.3) is 5.88 Å². The highest BCUT2D eigenvalue weighted by atomic mass is 16.5. The van der Waals surface area contributed by atoms with Gasteiger partial charge in [0.05, 0.1) is 7.11 Å². The summed E-state index contributed by atoms with van der Waals surface area (Å²) in [5.74, 6) is 1.33. The minimum absolute atomic E-state index is 0.168. The standard InChI is InChI=1S/C25H24N2O2/c1-16-15-27-24(28-2)23-20(16)21(17-7-4-3-5-8-17)22(29-23)18-9-11-19(12-10-18)25(26)13-6-14-25/h3-5,7-12,15H,6,13-14,26H2,1-2H3. The molecular formula is C25H24N2O2. The number of aryl methyl sites for hydroxylation is 1. The van der Waals surface area contributed by atoms with Crippen molar-refractivity contribution >= 4 is 11.0 Å². The summed E-state index contributed by atoms with van der Waals surface area (Å²) in [6.07, 6.45) is 5.14. The molecule has 0 saturated heterocycles. The average molecular weight is 384 g/mol. The molecule has 2 aromatic carbocycles. The van der Waals surface area contributed by atoms with Gasteiger partial charge in [0, 0.05) is 28.2 Å². The third-order valence-corrected chi connectivity index (χ3v) is 6.10. The summed E-state index contributed by atoms with van der Waals surface area (Å²) in [7, 11) is 1.62. The molecule has 2 heterocycles. The summed E-state index contributed by atoms with van der Waals surface area (Å²) in [4.78, 5) is 4.40. The zero-order chi connectivity index (χ0) is 20.0. The molecule has 0 unspecified atom stereocenters. The number of ether oxygens (including phenoxy) is 1. The van der Waals surface area contributed by atoms with Gasteiger partial charge in [-0.1, -0.05) is 54.6 Å². The number of nitrogens with zero attached hydrogens (tertiary/aromatic N) is 1. The second-order valence-electron chi connectivity index (χ2n) is 7.91. The number of pyridine rings is 1. The minimum atomic E-state index is -0.168. The molecule has 1 fully saturated rings. The number of methoxy groups -OCH3 is 1. The second kappa shape index (κ2) is 6.75. The van der Waals surface area contributed by atoms with Crippen LogP contribution in [0.4, 0.5) is 0 Å². The van der Waals surface area contributed by atoms with E-state index in [1.807, 2.05) is 24.4 Å². The lowest BCUT2D eigenvalue weighted by Crippen LogP contribution is -2.43. The molecule has 0 amide bonds. The largest absolute Gasteiger partial charge is 0.478 e. The van der Waals surface area contributed by atoms with Crippen molar-refractivity contribution in [1.29, 1.82) is 0 Å². The minimum Gasteiger partial charge on any atom is -0.478 e. The Kier molecular flexibility index (Phi) is 4.18. The van der Waals surface area contributed by atoms with Crippen LogP contribution in [0, 0.1) is 6.92 Å². The number of hydrogen-bond donors (Lipinski definition) is 1. The molecule has 4 aromatic rings. The first-order valence-electron chi connectivity index (χ1n) is 10.0. The molecule has 0 radical (unpaired) electrons. The molecular weight excluding hydrogens is 360 g/mol. The number of benzene rings is 2. The Bertz CT molecular complexity index is 1170. The van der Waals surface area contributed by atoms with Gasteiger partial charge in [-0.2, -0.15) is 0 Å². The van der Waals surface area contributed by atoms with Gasteiger partial charge in [-0.05, 0) is 42.9 Å². The molecule has 2 aromatic heterocycles. The van der Waals surface area contributed by atoms with Crippen LogP contribution in [0.15, 0.2) is 65.2 Å². The average Bonchev–Trinajstić information content (AvgIpc) is 3.15. The zero-order valence-corrected chi connectivity index (χ0v) is 16.7. The Balaban J connectivity index is 1.74. The van der Waals surface area contributed by atoms with Crippen molar-refractivity contribution in [2.45, 2.75) is 31.7 Å². The van der Waals surface area contributed by atoms with E-state index in [0.717, 1.165) is 46.2 Å². The number of fused-ring (bicyclic) bond motifs is 1. The van der Waals surface area contributed by atoms with Crippen molar-refractivity contribution in [3.63, 3.8) is 0 Å². The molecule has 4 heteroatoms. The number of furan rings is 1. The van der Waals surface area contributed by atoms with Crippen LogP contribution in [0.3, 0.4) is 0 Å². The third-order valence-electron chi connectivity index (χ3n) is 6.10. The van der Waals surface area contributed by atoms with E-state index in [1.54, 1.807) is 7.11 Å². The Morgan fingerprint density at radius 3 is 2.34 bits per heavy atom. The summed E-state index contributed by atoms with van der Waals surface area (Å²) >= 11 is 0. The normalized spacial score (nSPS) is 15.3. The Hall–Kier alpha value is -3.11. The number of hydrogen-bond acceptors (Lipinski definition) is 4. The fraction of sp³-hybridized carbons (Fsp3) is 0.240. The maximum Gasteiger partial charge on any atom is 0.258 e. The van der Waals surface area contributed by atoms with Crippen molar-refractivity contribution in [2.24, 2.45) is 5.73 Å². The van der Waals surface area contributed by atoms with Crippen LogP contribution in [0.2, 0.25) is 0 Å². The predicted molar refractivity (Wildman–Crippen MR) is 116 cm³/mol. The fourth-order valence-corrected chi connectivity index (χ4v) is 4.27. The van der Waals surface area contributed by atoms with E-state index in [1.165, 1.54) is 12.0 Å². The van der Waals surface area contributed by atoms with Gasteiger partial charge in [0.15, 0.2) is 5.58 Å². The van der Waals surface area contributed by atoms with E-state index in [2.05, 4.69) is 48.3 Å². The van der Waals surface area contributed by atoms with E-state index in [-0.39, 0.29) is 5.54 Å². The molecule has 0 aliphatic heterocycles. The van der Waals surface area contributed by atoms with Gasteiger partial charge in [-0.3, -0.25) is 0 Å². The molecule has 1 aliphatic carbocycles. The fourth-order valence-electron chi connectivity index (χ4n) is 4.27. The Labute approximate surface area is 170 Å². The van der Waals surface area contributed by atoms with Crippen molar-refractivity contribution in [3.05, 3.63) is 71.9 Å². The van der Waals surface area contributed by atoms with Crippen molar-refractivity contribution in [1.82, 2.24) is 4.98 Å². The van der Waals surface area contributed by atoms with Gasteiger partial charge < -0.3 is 14.9 Å². The molecule has 5 rings (SSSR count). The van der Waals surface area contributed by atoms with Crippen LogP contribution < -0.4 is 10.5 Å². The van der Waals surface area contributed by atoms with Crippen LogP contribution in [-0.4, -0.2) is 12.1 Å². The van der Waals surface area contributed by atoms with E-state index >= 15 is 0 Å². The quantitative estimate of drug-likeness (QED) is 0.482. The van der Waals surface area contributed by atoms with Gasteiger partial charge in [0.2, 0.25) is 0 Å². The molecule has 29 heavy (non-hydrogen) atoms. The molecule has 2 N–H and O–H groups in total. The highest BCUT2D eigenvalue weighted by molar-refractivity contribution is 6.04. The Morgan fingerprint density at radius 1 is 1.00 bits per heavy atom. The van der Waals surface area contributed by atoms with E-state index in [0.29, 0.717) is 11.5 Å². The lowest BCUT2D eigenvalue weighted by Gasteiger charge is -2.38. The van der Waals surface area contributed by atoms with E-state index in [9.17, 15) is 0 Å². The lowest BCUT2D eigenvalue weighted by atomic mass is 9.72. The SMILES string of the molecule is COc1ncc(C)c2c(-c3ccccc3)c(-c3ccc(C4(N)CCC4)cc3)oc12. The Morgan fingerprint density at radius 2 is 1.72 bits per heavy atom. The highest BCUT2D eigenvalue weighted by Crippen LogP contribution is 2.45. The molecule has 1 saturated carbocycles. The maximum absolute atomic E-state index is 6.50. The summed E-state index contributed by atoms with van der Waals surface area (Å²) in [6.45, 7) is 2.05. The molecule has 0 spiro atoms. The topological polar surface area (TPSA) is 61.3 Å². The summed E-state index contributed by atoms with van der Waals surface area (Å²) in [5.41, 5.74) is 12.5. The van der Waals surface area contributed by atoms with Gasteiger partial charge >= 0.3 is 0 Å². The number of nitrogens with two attached hydrogens (primary N) is 1. The zero-order valence-electron chi connectivity index (χ0n) is 16.7. The summed E-state index contributed by atoms with van der Waals surface area (Å²) < 4.78 is 11.9. The van der Waals surface area contributed by atoms with E-state index < -0.39 is 0 Å². The second-order valence-corrected chi connectivity index (χ2v) is 7.91. The van der Waals surface area contributed by atoms with Crippen molar-refractivity contribution in [3.8, 4) is 28.3 Å². The first-order chi connectivity index (χ1) is 14.1. The lowest BCUT2D eigenvalue weighted by molar-refractivity contribution is 0.253. The first kappa shape index (κ1) is 18.0. The number of aromatic nitrogens is 1. The maximum atomic E-state index is 6.50. The van der Waals surface area contributed by atoms with Gasteiger partial charge in [0.1, 0.15) is 5.76 Å². The van der Waals surface area contributed by atoms with Crippen molar-refractivity contribution < 1.29 is 9.15 Å². The molecule has 0 atom stereocenters. The monoisotopic (exact) mass is 384 g/mol. The molecule has 146 valence electrons. The van der Waals surface area contributed by atoms with Gasteiger partial charge in [-0.15, -0.1) is 0 Å². The van der Waals surface area contributed by atoms with Crippen LogP contribution in [-0.2, 0) is 5.54 Å². The van der Waals surface area contributed by atoms with Crippen LogP contribution >= 0.6 is 0 Å². The van der Waals surface area contributed by atoms with Crippen LogP contribution in [0.1, 0.15) is 30.4 Å². The highest BCUT2D eigenvalue weighted by Gasteiger charge is 2.34. The molecule has 1 aliphatic rings. The summed E-state index contributed by atoms with van der Waals surface area (Å²) in [5, 5.41) is 1.04. The molecule has 0 bridgehead atoms. The van der Waals surface area contributed by atoms with Crippen LogP contribution in [0.25, 0.3) is 33.4 Å². The van der Waals surface area contributed by atoms with Crippen molar-refractivity contribution in [2.75, 3.05) is 7.11 Å². The predicted octanol–water partition coefficient (Wildman–Crippen LogP) is 5.82.